The molecule has 0 saturated carbocycles. The highest BCUT2D eigenvalue weighted by Crippen LogP contribution is 1.82. The molecule has 1 atom stereocenters. The van der Waals surface area contributed by atoms with Crippen LogP contribution in [-0.2, 0) is 14.2 Å². The fraction of sp³-hybridized carbons (Fsp3) is 0.875. The van der Waals surface area contributed by atoms with Crippen molar-refractivity contribution >= 4 is 0 Å². The highest BCUT2D eigenvalue weighted by atomic mass is 16.5. The maximum Gasteiger partial charge on any atom is 0.116 e. The minimum Gasteiger partial charge on any atom is -0.382 e. The number of nitrogens with zero attached hydrogens (tertiary/aromatic N) is 1. The van der Waals surface area contributed by atoms with Crippen LogP contribution in [0.3, 0.4) is 0 Å². The van der Waals surface area contributed by atoms with Crippen LogP contribution < -0.4 is 5.73 Å². The van der Waals surface area contributed by atoms with Gasteiger partial charge in [0.2, 0.25) is 0 Å². The van der Waals surface area contributed by atoms with E-state index in [1.54, 1.807) is 7.11 Å². The maximum absolute atomic E-state index is 8.30. The van der Waals surface area contributed by atoms with Crippen LogP contribution in [0.4, 0.5) is 0 Å². The summed E-state index contributed by atoms with van der Waals surface area (Å²) in [6.07, 6.45) is 0. The van der Waals surface area contributed by atoms with Gasteiger partial charge in [-0.25, -0.2) is 0 Å². The Hall–Kier alpha value is -0.670. The number of ether oxygens (including phenoxy) is 3. The summed E-state index contributed by atoms with van der Waals surface area (Å²) < 4.78 is 14.9. The van der Waals surface area contributed by atoms with Gasteiger partial charge < -0.3 is 19.9 Å². The van der Waals surface area contributed by atoms with Crippen molar-refractivity contribution in [2.24, 2.45) is 5.73 Å². The zero-order valence-electron chi connectivity index (χ0n) is 7.86. The summed E-state index contributed by atoms with van der Waals surface area (Å²) in [7, 11) is 1.62. The van der Waals surface area contributed by atoms with Gasteiger partial charge in [0.15, 0.2) is 0 Å². The second kappa shape index (κ2) is 9.42. The molecule has 0 aliphatic rings. The van der Waals surface area contributed by atoms with E-state index in [2.05, 4.69) is 0 Å². The molecule has 0 aliphatic carbocycles. The van der Waals surface area contributed by atoms with Gasteiger partial charge >= 0.3 is 0 Å². The zero-order chi connectivity index (χ0) is 9.94. The largest absolute Gasteiger partial charge is 0.382 e. The number of methoxy groups -OCH3 is 1. The highest BCUT2D eigenvalue weighted by Gasteiger charge is 1.98. The average Bonchev–Trinajstić information content (AvgIpc) is 2.16. The zero-order valence-corrected chi connectivity index (χ0v) is 7.86. The molecule has 76 valence electrons. The molecule has 0 aromatic rings. The molecule has 0 aromatic heterocycles. The van der Waals surface area contributed by atoms with Crippen LogP contribution in [0.25, 0.3) is 0 Å². The Morgan fingerprint density at radius 2 is 1.85 bits per heavy atom. The van der Waals surface area contributed by atoms with Crippen molar-refractivity contribution in [2.45, 2.75) is 6.04 Å². The Balaban J connectivity index is 2.96. The lowest BCUT2D eigenvalue weighted by Crippen LogP contribution is -2.25. The molecule has 0 saturated heterocycles. The third-order valence-corrected chi connectivity index (χ3v) is 1.27. The standard InChI is InChI=1S/C8H16N2O3/c1-11-2-3-12-4-5-13-7-8(10)6-9/h8H,2-5,7,10H2,1H3. The van der Waals surface area contributed by atoms with E-state index in [1.165, 1.54) is 0 Å². The van der Waals surface area contributed by atoms with Crippen LogP contribution in [0.5, 0.6) is 0 Å². The van der Waals surface area contributed by atoms with E-state index in [4.69, 9.17) is 25.2 Å². The second-order valence-electron chi connectivity index (χ2n) is 2.42. The van der Waals surface area contributed by atoms with Crippen LogP contribution in [0.2, 0.25) is 0 Å². The first-order valence-electron chi connectivity index (χ1n) is 4.11. The summed E-state index contributed by atoms with van der Waals surface area (Å²) >= 11 is 0. The summed E-state index contributed by atoms with van der Waals surface area (Å²) in [5.74, 6) is 0. The SMILES string of the molecule is COCCOCCOCC(N)C#N. The molecular weight excluding hydrogens is 172 g/mol. The molecule has 0 rings (SSSR count). The van der Waals surface area contributed by atoms with Gasteiger partial charge in [0.1, 0.15) is 6.04 Å². The molecule has 0 amide bonds. The molecule has 5 nitrogen and oxygen atoms in total. The van der Waals surface area contributed by atoms with E-state index >= 15 is 0 Å². The summed E-state index contributed by atoms with van der Waals surface area (Å²) in [5, 5.41) is 8.30. The number of nitriles is 1. The molecule has 0 aliphatic heterocycles. The van der Waals surface area contributed by atoms with Crippen molar-refractivity contribution in [1.82, 2.24) is 0 Å². The van der Waals surface area contributed by atoms with Crippen molar-refractivity contribution in [3.63, 3.8) is 0 Å². The summed E-state index contributed by atoms with van der Waals surface area (Å²) in [6, 6.07) is 1.33. The number of nitrogens with two attached hydrogens (primary N) is 1. The Morgan fingerprint density at radius 1 is 1.23 bits per heavy atom. The molecular formula is C8H16N2O3. The highest BCUT2D eigenvalue weighted by molar-refractivity contribution is 4.85. The predicted molar refractivity (Wildman–Crippen MR) is 47.1 cm³/mol. The fourth-order valence-corrected chi connectivity index (χ4v) is 0.610. The summed E-state index contributed by atoms with van der Waals surface area (Å²) in [4.78, 5) is 0. The molecule has 0 radical (unpaired) electrons. The lowest BCUT2D eigenvalue weighted by atomic mass is 10.4. The Bertz CT molecular complexity index is 147. The van der Waals surface area contributed by atoms with Crippen molar-refractivity contribution in [3.8, 4) is 6.07 Å². The predicted octanol–water partition coefficient (Wildman–Crippen LogP) is -0.483. The van der Waals surface area contributed by atoms with Crippen molar-refractivity contribution in [1.29, 1.82) is 5.26 Å². The van der Waals surface area contributed by atoms with E-state index < -0.39 is 6.04 Å². The third kappa shape index (κ3) is 9.24. The fourth-order valence-electron chi connectivity index (χ4n) is 0.610. The topological polar surface area (TPSA) is 77.5 Å². The summed E-state index contributed by atoms with van der Waals surface area (Å²) in [6.45, 7) is 2.35. The van der Waals surface area contributed by atoms with Gasteiger partial charge in [-0.15, -0.1) is 0 Å². The van der Waals surface area contributed by atoms with Gasteiger partial charge in [-0.1, -0.05) is 0 Å². The second-order valence-corrected chi connectivity index (χ2v) is 2.42. The smallest absolute Gasteiger partial charge is 0.116 e. The third-order valence-electron chi connectivity index (χ3n) is 1.27. The van der Waals surface area contributed by atoms with Gasteiger partial charge in [-0.05, 0) is 0 Å². The molecule has 13 heavy (non-hydrogen) atoms. The molecule has 0 spiro atoms. The van der Waals surface area contributed by atoms with Gasteiger partial charge in [0, 0.05) is 7.11 Å². The van der Waals surface area contributed by atoms with E-state index in [0.29, 0.717) is 26.4 Å². The van der Waals surface area contributed by atoms with Crippen LogP contribution in [-0.4, -0.2) is 46.2 Å². The molecule has 0 bridgehead atoms. The van der Waals surface area contributed by atoms with Crippen molar-refractivity contribution < 1.29 is 14.2 Å². The van der Waals surface area contributed by atoms with Gasteiger partial charge in [-0.2, -0.15) is 5.26 Å². The Labute approximate surface area is 78.4 Å². The van der Waals surface area contributed by atoms with E-state index in [9.17, 15) is 0 Å². The molecule has 1 unspecified atom stereocenters. The first-order chi connectivity index (χ1) is 6.31. The lowest BCUT2D eigenvalue weighted by molar-refractivity contribution is 0.0241. The molecule has 0 heterocycles. The van der Waals surface area contributed by atoms with Crippen LogP contribution in [0.1, 0.15) is 0 Å². The molecule has 2 N–H and O–H groups in total. The summed E-state index contributed by atoms with van der Waals surface area (Å²) in [5.41, 5.74) is 5.29. The number of hydrogen-bond acceptors (Lipinski definition) is 5. The van der Waals surface area contributed by atoms with Crippen LogP contribution in [0.15, 0.2) is 0 Å². The van der Waals surface area contributed by atoms with Crippen molar-refractivity contribution in [2.75, 3.05) is 40.1 Å². The molecule has 5 heteroatoms. The molecule has 0 aromatic carbocycles. The quantitative estimate of drug-likeness (QED) is 0.520. The lowest BCUT2D eigenvalue weighted by Gasteiger charge is -2.05. The monoisotopic (exact) mass is 188 g/mol. The van der Waals surface area contributed by atoms with Gasteiger partial charge in [0.05, 0.1) is 39.1 Å². The van der Waals surface area contributed by atoms with E-state index in [0.717, 1.165) is 0 Å². The minimum atomic E-state index is -0.543. The van der Waals surface area contributed by atoms with Crippen LogP contribution >= 0.6 is 0 Å². The number of rotatable bonds is 8. The normalized spacial score (nSPS) is 12.4. The van der Waals surface area contributed by atoms with Crippen LogP contribution in [0, 0.1) is 11.3 Å². The first kappa shape index (κ1) is 12.3. The van der Waals surface area contributed by atoms with E-state index in [-0.39, 0.29) is 6.61 Å². The van der Waals surface area contributed by atoms with E-state index in [1.807, 2.05) is 6.07 Å². The number of hydrogen-bond donors (Lipinski definition) is 1. The Morgan fingerprint density at radius 3 is 2.46 bits per heavy atom. The average molecular weight is 188 g/mol. The Kier molecular flexibility index (Phi) is 8.93. The minimum absolute atomic E-state index is 0.254. The first-order valence-corrected chi connectivity index (χ1v) is 4.11. The maximum atomic E-state index is 8.30. The van der Waals surface area contributed by atoms with Crippen molar-refractivity contribution in [3.05, 3.63) is 0 Å². The van der Waals surface area contributed by atoms with Gasteiger partial charge in [0.25, 0.3) is 0 Å². The van der Waals surface area contributed by atoms with Gasteiger partial charge in [-0.3, -0.25) is 0 Å². The molecule has 0 fully saturated rings.